The molecule has 0 spiro atoms. The molecule has 2 rings (SSSR count). The second-order valence-corrected chi connectivity index (χ2v) is 4.58. The average Bonchev–Trinajstić information content (AvgIpc) is 2.45. The summed E-state index contributed by atoms with van der Waals surface area (Å²) >= 11 is 2.22. The lowest BCUT2D eigenvalue weighted by Gasteiger charge is -2.12. The molecular weight excluding hydrogens is 307 g/mol. The van der Waals surface area contributed by atoms with E-state index in [4.69, 9.17) is 0 Å². The number of halogens is 1. The van der Waals surface area contributed by atoms with Gasteiger partial charge < -0.3 is 4.90 Å². The van der Waals surface area contributed by atoms with Gasteiger partial charge in [-0.25, -0.2) is 4.79 Å². The summed E-state index contributed by atoms with van der Waals surface area (Å²) in [6.07, 6.45) is 0. The van der Waals surface area contributed by atoms with E-state index in [9.17, 15) is 9.59 Å². The number of imide groups is 1. The SMILES string of the molecule is O=C1CN(Cc2cccc(I)c2)C(=O)N1. The number of hydrogen-bond donors (Lipinski definition) is 1. The molecule has 1 fully saturated rings. The van der Waals surface area contributed by atoms with E-state index >= 15 is 0 Å². The van der Waals surface area contributed by atoms with Crippen LogP contribution >= 0.6 is 22.6 Å². The van der Waals surface area contributed by atoms with Gasteiger partial charge in [-0.2, -0.15) is 0 Å². The quantitative estimate of drug-likeness (QED) is 0.661. The number of benzene rings is 1. The normalized spacial score (nSPS) is 15.7. The Kier molecular flexibility index (Phi) is 2.90. The third kappa shape index (κ3) is 2.47. The van der Waals surface area contributed by atoms with Gasteiger partial charge in [-0.3, -0.25) is 10.1 Å². The summed E-state index contributed by atoms with van der Waals surface area (Å²) < 4.78 is 1.12. The molecule has 4 nitrogen and oxygen atoms in total. The fourth-order valence-electron chi connectivity index (χ4n) is 1.47. The van der Waals surface area contributed by atoms with Crippen LogP contribution in [0.3, 0.4) is 0 Å². The minimum Gasteiger partial charge on any atom is -0.311 e. The van der Waals surface area contributed by atoms with E-state index < -0.39 is 0 Å². The molecule has 1 N–H and O–H groups in total. The standard InChI is InChI=1S/C10H9IN2O2/c11-8-3-1-2-7(4-8)5-13-6-9(14)12-10(13)15/h1-4H,5-6H2,(H,12,14,15). The highest BCUT2D eigenvalue weighted by Gasteiger charge is 2.26. The van der Waals surface area contributed by atoms with Crippen molar-refractivity contribution in [1.82, 2.24) is 10.2 Å². The van der Waals surface area contributed by atoms with Crippen LogP contribution in [0.4, 0.5) is 4.79 Å². The van der Waals surface area contributed by atoms with Crippen molar-refractivity contribution >= 4 is 34.5 Å². The predicted molar refractivity (Wildman–Crippen MR) is 63.1 cm³/mol. The van der Waals surface area contributed by atoms with Crippen LogP contribution in [0.5, 0.6) is 0 Å². The molecule has 0 bridgehead atoms. The number of hydrogen-bond acceptors (Lipinski definition) is 2. The third-order valence-electron chi connectivity index (χ3n) is 2.13. The van der Waals surface area contributed by atoms with E-state index in [0.29, 0.717) is 6.54 Å². The van der Waals surface area contributed by atoms with Crippen molar-refractivity contribution in [3.63, 3.8) is 0 Å². The molecule has 0 aliphatic carbocycles. The topological polar surface area (TPSA) is 49.4 Å². The highest BCUT2D eigenvalue weighted by Crippen LogP contribution is 2.11. The number of rotatable bonds is 2. The van der Waals surface area contributed by atoms with Gasteiger partial charge in [-0.15, -0.1) is 0 Å². The molecular formula is C10H9IN2O2. The van der Waals surface area contributed by atoms with Crippen LogP contribution in [0.1, 0.15) is 5.56 Å². The minimum atomic E-state index is -0.307. The molecule has 78 valence electrons. The second kappa shape index (κ2) is 4.18. The number of urea groups is 1. The van der Waals surface area contributed by atoms with Crippen molar-refractivity contribution in [3.05, 3.63) is 33.4 Å². The van der Waals surface area contributed by atoms with E-state index in [1.165, 1.54) is 4.90 Å². The molecule has 0 aromatic heterocycles. The van der Waals surface area contributed by atoms with Crippen molar-refractivity contribution in [2.45, 2.75) is 6.54 Å². The number of amides is 3. The Balaban J connectivity index is 2.09. The Labute approximate surface area is 101 Å². The molecule has 1 aromatic carbocycles. The van der Waals surface area contributed by atoms with Crippen LogP contribution in [-0.4, -0.2) is 23.4 Å². The summed E-state index contributed by atoms with van der Waals surface area (Å²) in [6, 6.07) is 7.56. The first kappa shape index (κ1) is 10.4. The monoisotopic (exact) mass is 316 g/mol. The van der Waals surface area contributed by atoms with Crippen molar-refractivity contribution in [2.24, 2.45) is 0 Å². The Morgan fingerprint density at radius 1 is 1.40 bits per heavy atom. The van der Waals surface area contributed by atoms with E-state index in [2.05, 4.69) is 27.9 Å². The maximum absolute atomic E-state index is 11.3. The van der Waals surface area contributed by atoms with Gasteiger partial charge in [0, 0.05) is 10.1 Å². The predicted octanol–water partition coefficient (Wildman–Crippen LogP) is 1.34. The van der Waals surface area contributed by atoms with Crippen LogP contribution < -0.4 is 5.32 Å². The van der Waals surface area contributed by atoms with Gasteiger partial charge in [-0.05, 0) is 40.3 Å². The van der Waals surface area contributed by atoms with E-state index in [1.807, 2.05) is 24.3 Å². The van der Waals surface area contributed by atoms with Gasteiger partial charge in [0.25, 0.3) is 0 Å². The van der Waals surface area contributed by atoms with Crippen molar-refractivity contribution in [1.29, 1.82) is 0 Å². The van der Waals surface area contributed by atoms with Crippen LogP contribution in [0.15, 0.2) is 24.3 Å². The summed E-state index contributed by atoms with van der Waals surface area (Å²) in [5, 5.41) is 2.25. The number of carbonyl (C=O) groups is 2. The molecule has 3 amide bonds. The molecule has 1 saturated heterocycles. The summed E-state index contributed by atoms with van der Waals surface area (Å²) in [5.41, 5.74) is 1.03. The minimum absolute atomic E-state index is 0.157. The first-order chi connectivity index (χ1) is 7.15. The fourth-order valence-corrected chi connectivity index (χ4v) is 2.07. The van der Waals surface area contributed by atoms with E-state index in [0.717, 1.165) is 9.13 Å². The zero-order chi connectivity index (χ0) is 10.8. The molecule has 0 atom stereocenters. The van der Waals surface area contributed by atoms with Crippen LogP contribution in [0.2, 0.25) is 0 Å². The van der Waals surface area contributed by atoms with Crippen LogP contribution in [0, 0.1) is 3.57 Å². The molecule has 1 aliphatic heterocycles. The van der Waals surface area contributed by atoms with E-state index in [-0.39, 0.29) is 18.5 Å². The number of nitrogens with zero attached hydrogens (tertiary/aromatic N) is 1. The highest BCUT2D eigenvalue weighted by molar-refractivity contribution is 14.1. The van der Waals surface area contributed by atoms with Crippen LogP contribution in [0.25, 0.3) is 0 Å². The van der Waals surface area contributed by atoms with Gasteiger partial charge in [0.15, 0.2) is 0 Å². The first-order valence-corrected chi connectivity index (χ1v) is 5.56. The van der Waals surface area contributed by atoms with Gasteiger partial charge >= 0.3 is 6.03 Å². The first-order valence-electron chi connectivity index (χ1n) is 4.48. The Bertz CT molecular complexity index is 420. The van der Waals surface area contributed by atoms with Crippen molar-refractivity contribution in [2.75, 3.05) is 6.54 Å². The van der Waals surface area contributed by atoms with Gasteiger partial charge in [-0.1, -0.05) is 12.1 Å². The lowest BCUT2D eigenvalue weighted by atomic mass is 10.2. The highest BCUT2D eigenvalue weighted by atomic mass is 127. The largest absolute Gasteiger partial charge is 0.324 e. The zero-order valence-electron chi connectivity index (χ0n) is 7.87. The third-order valence-corrected chi connectivity index (χ3v) is 2.80. The van der Waals surface area contributed by atoms with Gasteiger partial charge in [0.05, 0.1) is 0 Å². The Morgan fingerprint density at radius 3 is 2.80 bits per heavy atom. The molecule has 5 heteroatoms. The van der Waals surface area contributed by atoms with Gasteiger partial charge in [0.2, 0.25) is 5.91 Å². The molecule has 1 heterocycles. The Hall–Kier alpha value is -1.11. The Morgan fingerprint density at radius 2 is 2.20 bits per heavy atom. The molecule has 0 unspecified atom stereocenters. The summed E-state index contributed by atoms with van der Waals surface area (Å²) in [6.45, 7) is 0.638. The summed E-state index contributed by atoms with van der Waals surface area (Å²) in [5.74, 6) is -0.231. The average molecular weight is 316 g/mol. The molecule has 15 heavy (non-hydrogen) atoms. The maximum atomic E-state index is 11.3. The van der Waals surface area contributed by atoms with Gasteiger partial charge in [0.1, 0.15) is 6.54 Å². The molecule has 0 saturated carbocycles. The zero-order valence-corrected chi connectivity index (χ0v) is 10.0. The fraction of sp³-hybridized carbons (Fsp3) is 0.200. The smallest absolute Gasteiger partial charge is 0.311 e. The van der Waals surface area contributed by atoms with Crippen LogP contribution in [-0.2, 0) is 11.3 Å². The van der Waals surface area contributed by atoms with E-state index in [1.54, 1.807) is 0 Å². The molecule has 1 aromatic rings. The lowest BCUT2D eigenvalue weighted by molar-refractivity contribution is -0.118. The van der Waals surface area contributed by atoms with Crippen molar-refractivity contribution < 1.29 is 9.59 Å². The van der Waals surface area contributed by atoms with Crippen molar-refractivity contribution in [3.8, 4) is 0 Å². The summed E-state index contributed by atoms with van der Waals surface area (Å²) in [7, 11) is 0. The molecule has 1 aliphatic rings. The number of carbonyl (C=O) groups excluding carboxylic acids is 2. The molecule has 0 radical (unpaired) electrons. The summed E-state index contributed by atoms with van der Waals surface area (Å²) in [4.78, 5) is 23.7. The number of nitrogens with one attached hydrogen (secondary N) is 1. The maximum Gasteiger partial charge on any atom is 0.324 e. The lowest BCUT2D eigenvalue weighted by Crippen LogP contribution is -2.27. The second-order valence-electron chi connectivity index (χ2n) is 3.34.